The molecule has 0 bridgehead atoms. The van der Waals surface area contributed by atoms with Crippen molar-refractivity contribution in [2.75, 3.05) is 32.0 Å². The molecular formula is C24H36N2O. The highest BCUT2D eigenvalue weighted by Crippen LogP contribution is 2.41. The molecule has 1 saturated heterocycles. The van der Waals surface area contributed by atoms with Crippen molar-refractivity contribution in [3.63, 3.8) is 0 Å². The third-order valence-electron chi connectivity index (χ3n) is 7.13. The van der Waals surface area contributed by atoms with Gasteiger partial charge in [-0.3, -0.25) is 4.90 Å². The molecule has 2 aliphatic carbocycles. The van der Waals surface area contributed by atoms with Gasteiger partial charge in [-0.2, -0.15) is 0 Å². The van der Waals surface area contributed by atoms with Gasteiger partial charge < -0.3 is 10.5 Å². The van der Waals surface area contributed by atoms with Crippen LogP contribution in [0.4, 0.5) is 5.69 Å². The summed E-state index contributed by atoms with van der Waals surface area (Å²) >= 11 is 0. The van der Waals surface area contributed by atoms with Crippen molar-refractivity contribution < 1.29 is 4.74 Å². The fourth-order valence-corrected chi connectivity index (χ4v) is 5.14. The lowest BCUT2D eigenvalue weighted by Gasteiger charge is -2.39. The van der Waals surface area contributed by atoms with Crippen LogP contribution < -0.4 is 5.73 Å². The van der Waals surface area contributed by atoms with Gasteiger partial charge in [-0.15, -0.1) is 0 Å². The third kappa shape index (κ3) is 4.41. The molecule has 3 nitrogen and oxygen atoms in total. The molecule has 148 valence electrons. The van der Waals surface area contributed by atoms with Gasteiger partial charge >= 0.3 is 0 Å². The minimum Gasteiger partial charge on any atom is -0.398 e. The molecule has 1 saturated carbocycles. The average Bonchev–Trinajstić information content (AvgIpc) is 2.70. The Bertz CT molecular complexity index is 680. The van der Waals surface area contributed by atoms with E-state index in [9.17, 15) is 0 Å². The number of nitrogen functional groups attached to an aromatic ring is 1. The molecule has 0 atom stereocenters. The van der Waals surface area contributed by atoms with E-state index < -0.39 is 0 Å². The maximum absolute atomic E-state index is 6.38. The zero-order chi connectivity index (χ0) is 18.9. The van der Waals surface area contributed by atoms with Gasteiger partial charge in [-0.05, 0) is 79.5 Å². The Labute approximate surface area is 165 Å². The van der Waals surface area contributed by atoms with Crippen molar-refractivity contribution in [3.8, 4) is 0 Å². The van der Waals surface area contributed by atoms with Crippen LogP contribution >= 0.6 is 0 Å². The first-order chi connectivity index (χ1) is 13.0. The highest BCUT2D eigenvalue weighted by Gasteiger charge is 2.28. The molecule has 0 amide bonds. The number of allylic oxidation sites excluding steroid dienone is 2. The summed E-state index contributed by atoms with van der Waals surface area (Å²) in [6.07, 6.45) is 11.3. The van der Waals surface area contributed by atoms with Crippen LogP contribution in [0, 0.1) is 5.41 Å². The molecule has 3 aliphatic rings. The van der Waals surface area contributed by atoms with Crippen LogP contribution in [0.2, 0.25) is 0 Å². The fraction of sp³-hybridized carbons (Fsp3) is 0.667. The number of anilines is 1. The van der Waals surface area contributed by atoms with Crippen LogP contribution in [0.3, 0.4) is 0 Å². The van der Waals surface area contributed by atoms with Gasteiger partial charge in [0.25, 0.3) is 0 Å². The maximum Gasteiger partial charge on any atom is 0.0594 e. The second-order valence-electron chi connectivity index (χ2n) is 9.60. The Kier molecular flexibility index (Phi) is 5.61. The van der Waals surface area contributed by atoms with Gasteiger partial charge in [0.1, 0.15) is 0 Å². The van der Waals surface area contributed by atoms with Crippen LogP contribution in [-0.4, -0.2) is 37.2 Å². The molecule has 3 heteroatoms. The van der Waals surface area contributed by atoms with Crippen molar-refractivity contribution in [2.24, 2.45) is 5.41 Å². The lowest BCUT2D eigenvalue weighted by molar-refractivity contribution is 0.00730. The van der Waals surface area contributed by atoms with E-state index in [1.807, 2.05) is 0 Å². The second kappa shape index (κ2) is 7.97. The van der Waals surface area contributed by atoms with Gasteiger partial charge in [0.05, 0.1) is 13.2 Å². The van der Waals surface area contributed by atoms with Crippen LogP contribution in [0.5, 0.6) is 0 Å². The lowest BCUT2D eigenvalue weighted by atomic mass is 9.76. The highest BCUT2D eigenvalue weighted by atomic mass is 16.5. The van der Waals surface area contributed by atoms with E-state index in [0.717, 1.165) is 50.9 Å². The zero-order valence-corrected chi connectivity index (χ0v) is 17.2. The summed E-state index contributed by atoms with van der Waals surface area (Å²) in [6.45, 7) is 8.79. The molecule has 0 spiro atoms. The molecule has 0 unspecified atom stereocenters. The summed E-state index contributed by atoms with van der Waals surface area (Å²) in [5, 5.41) is 0. The lowest BCUT2D eigenvalue weighted by Crippen LogP contribution is -2.44. The Morgan fingerprint density at radius 1 is 1.07 bits per heavy atom. The summed E-state index contributed by atoms with van der Waals surface area (Å²) in [6, 6.07) is 7.62. The quantitative estimate of drug-likeness (QED) is 0.743. The number of ether oxygens (including phenoxy) is 1. The normalized spacial score (nSPS) is 29.3. The molecule has 4 rings (SSSR count). The Balaban J connectivity index is 1.43. The number of hydrogen-bond donors (Lipinski definition) is 1. The van der Waals surface area contributed by atoms with Gasteiger partial charge in [0, 0.05) is 30.4 Å². The highest BCUT2D eigenvalue weighted by molar-refractivity contribution is 5.76. The number of nitrogens with two attached hydrogens (primary N) is 1. The predicted octanol–water partition coefficient (Wildman–Crippen LogP) is 5.22. The number of nitrogens with zero attached hydrogens (tertiary/aromatic N) is 1. The molecule has 1 aliphatic heterocycles. The van der Waals surface area contributed by atoms with Gasteiger partial charge in [-0.25, -0.2) is 0 Å². The minimum atomic E-state index is 0.438. The van der Waals surface area contributed by atoms with E-state index in [1.54, 1.807) is 0 Å². The minimum absolute atomic E-state index is 0.438. The van der Waals surface area contributed by atoms with Crippen LogP contribution in [0.25, 0.3) is 5.57 Å². The van der Waals surface area contributed by atoms with Crippen LogP contribution in [-0.2, 0) is 4.74 Å². The van der Waals surface area contributed by atoms with E-state index >= 15 is 0 Å². The number of morpholine rings is 1. The fourth-order valence-electron chi connectivity index (χ4n) is 5.14. The van der Waals surface area contributed by atoms with E-state index in [4.69, 9.17) is 10.5 Å². The summed E-state index contributed by atoms with van der Waals surface area (Å²) in [7, 11) is 0. The number of benzene rings is 1. The summed E-state index contributed by atoms with van der Waals surface area (Å²) in [4.78, 5) is 2.66. The van der Waals surface area contributed by atoms with E-state index in [1.165, 1.54) is 48.8 Å². The first-order valence-corrected chi connectivity index (χ1v) is 10.9. The van der Waals surface area contributed by atoms with Crippen molar-refractivity contribution >= 4 is 11.3 Å². The predicted molar refractivity (Wildman–Crippen MR) is 114 cm³/mol. The van der Waals surface area contributed by atoms with E-state index in [0.29, 0.717) is 11.3 Å². The smallest absolute Gasteiger partial charge is 0.0594 e. The molecule has 1 heterocycles. The van der Waals surface area contributed by atoms with Crippen molar-refractivity contribution in [1.82, 2.24) is 4.90 Å². The Morgan fingerprint density at radius 2 is 1.81 bits per heavy atom. The van der Waals surface area contributed by atoms with Crippen molar-refractivity contribution in [2.45, 2.75) is 70.8 Å². The Morgan fingerprint density at radius 3 is 2.48 bits per heavy atom. The first kappa shape index (κ1) is 19.0. The number of rotatable bonds is 3. The molecule has 1 aromatic carbocycles. The molecule has 1 aromatic rings. The van der Waals surface area contributed by atoms with E-state index in [-0.39, 0.29) is 0 Å². The number of hydrogen-bond acceptors (Lipinski definition) is 3. The van der Waals surface area contributed by atoms with Crippen LogP contribution in [0.1, 0.15) is 75.8 Å². The standard InChI is InChI=1S/C24H36N2O/c1-24(2)11-9-19(10-12-24)22-17-20(5-8-23(22)25)18-3-6-21(7-4-18)26-13-15-27-16-14-26/h5,8-9,17-18,21H,3-4,6-7,10-16,25H2,1-2H3. The van der Waals surface area contributed by atoms with Gasteiger partial charge in [0.2, 0.25) is 0 Å². The summed E-state index contributed by atoms with van der Waals surface area (Å²) < 4.78 is 5.52. The van der Waals surface area contributed by atoms with Gasteiger partial charge in [-0.1, -0.05) is 26.0 Å². The molecule has 2 fully saturated rings. The summed E-state index contributed by atoms with van der Waals surface area (Å²) in [5.74, 6) is 0.697. The molecule has 2 N–H and O–H groups in total. The van der Waals surface area contributed by atoms with Crippen molar-refractivity contribution in [1.29, 1.82) is 0 Å². The molecular weight excluding hydrogens is 332 g/mol. The zero-order valence-electron chi connectivity index (χ0n) is 17.2. The molecule has 0 aromatic heterocycles. The monoisotopic (exact) mass is 368 g/mol. The Hall–Kier alpha value is -1.32. The van der Waals surface area contributed by atoms with Crippen molar-refractivity contribution in [3.05, 3.63) is 35.4 Å². The largest absolute Gasteiger partial charge is 0.398 e. The average molecular weight is 369 g/mol. The van der Waals surface area contributed by atoms with Crippen LogP contribution in [0.15, 0.2) is 24.3 Å². The second-order valence-corrected chi connectivity index (χ2v) is 9.60. The molecule has 0 radical (unpaired) electrons. The van der Waals surface area contributed by atoms with Gasteiger partial charge in [0.15, 0.2) is 0 Å². The molecule has 27 heavy (non-hydrogen) atoms. The SMILES string of the molecule is CC1(C)CC=C(c2cc(C3CCC(N4CCOCC4)CC3)ccc2N)CC1. The first-order valence-electron chi connectivity index (χ1n) is 10.9. The summed E-state index contributed by atoms with van der Waals surface area (Å²) in [5.41, 5.74) is 12.0. The maximum atomic E-state index is 6.38. The third-order valence-corrected chi connectivity index (χ3v) is 7.13. The topological polar surface area (TPSA) is 38.5 Å². The van der Waals surface area contributed by atoms with E-state index in [2.05, 4.69) is 43.0 Å².